The standard InChI is InChI=1S/C25H19ClFN3O5/c1-34-21-13-16(26)11-15(23(21)35-14-22(31)28-20-10-6-5-9-19(20)27)12-18-24(32)29-30(25(18)33)17-7-3-2-4-8-17/h2-13H,14H2,1H3,(H,28,31)(H,29,32)/b18-12-. The van der Waals surface area contributed by atoms with Crippen LogP contribution >= 0.6 is 11.6 Å². The van der Waals surface area contributed by atoms with Crippen LogP contribution in [0.2, 0.25) is 5.02 Å². The second-order valence-electron chi connectivity index (χ2n) is 7.32. The van der Waals surface area contributed by atoms with Crippen molar-refractivity contribution in [1.82, 2.24) is 5.43 Å². The van der Waals surface area contributed by atoms with Gasteiger partial charge in [-0.3, -0.25) is 19.8 Å². The highest BCUT2D eigenvalue weighted by Gasteiger charge is 2.34. The number of anilines is 2. The maximum absolute atomic E-state index is 13.8. The van der Waals surface area contributed by atoms with E-state index in [0.29, 0.717) is 5.69 Å². The molecule has 0 aliphatic carbocycles. The van der Waals surface area contributed by atoms with Gasteiger partial charge in [0.2, 0.25) is 0 Å². The van der Waals surface area contributed by atoms with Crippen LogP contribution in [0.3, 0.4) is 0 Å². The lowest BCUT2D eigenvalue weighted by Gasteiger charge is -2.15. The number of methoxy groups -OCH3 is 1. The molecule has 1 aliphatic rings. The minimum Gasteiger partial charge on any atom is -0.493 e. The molecule has 0 radical (unpaired) electrons. The van der Waals surface area contributed by atoms with Crippen LogP contribution in [0.15, 0.2) is 72.3 Å². The molecular formula is C25H19ClFN3O5. The number of amides is 3. The van der Waals surface area contributed by atoms with Crippen LogP contribution in [0, 0.1) is 5.82 Å². The van der Waals surface area contributed by atoms with Crippen molar-refractivity contribution in [1.29, 1.82) is 0 Å². The van der Waals surface area contributed by atoms with E-state index < -0.39 is 30.1 Å². The number of ether oxygens (including phenoxy) is 2. The van der Waals surface area contributed by atoms with Gasteiger partial charge < -0.3 is 14.8 Å². The fourth-order valence-electron chi connectivity index (χ4n) is 3.36. The van der Waals surface area contributed by atoms with Gasteiger partial charge in [0.25, 0.3) is 17.7 Å². The molecule has 1 aliphatic heterocycles. The highest BCUT2D eigenvalue weighted by molar-refractivity contribution is 6.32. The molecule has 2 N–H and O–H groups in total. The van der Waals surface area contributed by atoms with Gasteiger partial charge >= 0.3 is 0 Å². The largest absolute Gasteiger partial charge is 0.493 e. The van der Waals surface area contributed by atoms with Gasteiger partial charge in [-0.2, -0.15) is 0 Å². The van der Waals surface area contributed by atoms with Crippen LogP contribution in [-0.2, 0) is 14.4 Å². The van der Waals surface area contributed by atoms with Crippen LogP contribution in [0.4, 0.5) is 15.8 Å². The Labute approximate surface area is 204 Å². The molecule has 0 spiro atoms. The quantitative estimate of drug-likeness (QED) is 0.382. The van der Waals surface area contributed by atoms with Gasteiger partial charge in [-0.05, 0) is 36.4 Å². The SMILES string of the molecule is COc1cc(Cl)cc(/C=C2/C(=O)NN(c3ccccc3)C2=O)c1OCC(=O)Nc1ccccc1F. The average Bonchev–Trinajstić information content (AvgIpc) is 3.13. The van der Waals surface area contributed by atoms with Gasteiger partial charge in [-0.25, -0.2) is 9.40 Å². The van der Waals surface area contributed by atoms with E-state index in [1.54, 1.807) is 36.4 Å². The van der Waals surface area contributed by atoms with Crippen molar-refractivity contribution in [3.05, 3.63) is 88.7 Å². The number of carbonyl (C=O) groups is 3. The zero-order chi connectivity index (χ0) is 24.9. The van der Waals surface area contributed by atoms with E-state index in [1.807, 2.05) is 0 Å². The zero-order valence-electron chi connectivity index (χ0n) is 18.4. The minimum atomic E-state index is -0.629. The Morgan fingerprint density at radius 2 is 1.83 bits per heavy atom. The summed E-state index contributed by atoms with van der Waals surface area (Å²) in [5.41, 5.74) is 3.06. The molecule has 178 valence electrons. The van der Waals surface area contributed by atoms with Crippen molar-refractivity contribution in [2.75, 3.05) is 24.0 Å². The third-order valence-corrected chi connectivity index (χ3v) is 5.19. The van der Waals surface area contributed by atoms with E-state index in [9.17, 15) is 18.8 Å². The van der Waals surface area contributed by atoms with Crippen molar-refractivity contribution < 1.29 is 28.2 Å². The maximum Gasteiger partial charge on any atom is 0.282 e. The number of carbonyl (C=O) groups excluding carboxylic acids is 3. The maximum atomic E-state index is 13.8. The molecule has 0 bridgehead atoms. The summed E-state index contributed by atoms with van der Waals surface area (Å²) in [5.74, 6) is -2.18. The summed E-state index contributed by atoms with van der Waals surface area (Å²) in [6, 6.07) is 17.2. The third-order valence-electron chi connectivity index (χ3n) is 4.97. The number of hydrogen-bond donors (Lipinski definition) is 2. The van der Waals surface area contributed by atoms with Gasteiger partial charge in [0, 0.05) is 16.7 Å². The second-order valence-corrected chi connectivity index (χ2v) is 7.75. The van der Waals surface area contributed by atoms with Gasteiger partial charge in [0.05, 0.1) is 18.5 Å². The van der Waals surface area contributed by atoms with Gasteiger partial charge in [-0.15, -0.1) is 0 Å². The number of hydrogen-bond acceptors (Lipinski definition) is 5. The van der Waals surface area contributed by atoms with Gasteiger partial charge in [0.15, 0.2) is 18.1 Å². The van der Waals surface area contributed by atoms with Gasteiger partial charge in [-0.1, -0.05) is 41.9 Å². The Hall–Kier alpha value is -4.37. The molecule has 35 heavy (non-hydrogen) atoms. The van der Waals surface area contributed by atoms with Crippen LogP contribution in [0.25, 0.3) is 6.08 Å². The first-order chi connectivity index (χ1) is 16.9. The van der Waals surface area contributed by atoms with Crippen LogP contribution in [0.1, 0.15) is 5.56 Å². The van der Waals surface area contributed by atoms with Crippen molar-refractivity contribution in [2.24, 2.45) is 0 Å². The number of rotatable bonds is 7. The molecule has 10 heteroatoms. The van der Waals surface area contributed by atoms with E-state index in [-0.39, 0.29) is 33.3 Å². The van der Waals surface area contributed by atoms with Crippen molar-refractivity contribution in [3.63, 3.8) is 0 Å². The molecule has 3 amide bonds. The highest BCUT2D eigenvalue weighted by Crippen LogP contribution is 2.37. The van der Waals surface area contributed by atoms with E-state index >= 15 is 0 Å². The normalized spacial score (nSPS) is 14.1. The Bertz CT molecular complexity index is 1330. The molecule has 3 aromatic carbocycles. The summed E-state index contributed by atoms with van der Waals surface area (Å²) in [6.07, 6.45) is 1.30. The first-order valence-electron chi connectivity index (χ1n) is 10.3. The smallest absolute Gasteiger partial charge is 0.282 e. The third kappa shape index (κ3) is 5.25. The highest BCUT2D eigenvalue weighted by atomic mass is 35.5. The number of hydrazine groups is 1. The predicted octanol–water partition coefficient (Wildman–Crippen LogP) is 3.97. The van der Waals surface area contributed by atoms with E-state index in [2.05, 4.69) is 10.7 Å². The topological polar surface area (TPSA) is 97.0 Å². The average molecular weight is 496 g/mol. The molecule has 1 fully saturated rings. The van der Waals surface area contributed by atoms with Crippen LogP contribution in [0.5, 0.6) is 11.5 Å². The number of benzene rings is 3. The first-order valence-corrected chi connectivity index (χ1v) is 10.7. The molecule has 0 atom stereocenters. The Morgan fingerprint density at radius 3 is 2.54 bits per heavy atom. The van der Waals surface area contributed by atoms with Crippen molar-refractivity contribution >= 4 is 46.8 Å². The summed E-state index contributed by atoms with van der Waals surface area (Å²) in [5, 5.41) is 3.79. The first kappa shape index (κ1) is 23.8. The molecule has 1 heterocycles. The number of halogens is 2. The Kier molecular flexibility index (Phi) is 6.98. The summed E-state index contributed by atoms with van der Waals surface area (Å²) >= 11 is 6.19. The molecule has 8 nitrogen and oxygen atoms in total. The predicted molar refractivity (Wildman–Crippen MR) is 129 cm³/mol. The second kappa shape index (κ2) is 10.3. The molecular weight excluding hydrogens is 477 g/mol. The fourth-order valence-corrected chi connectivity index (χ4v) is 3.58. The van der Waals surface area contributed by atoms with E-state index in [1.165, 1.54) is 43.5 Å². The van der Waals surface area contributed by atoms with Gasteiger partial charge in [0.1, 0.15) is 11.4 Å². The van der Waals surface area contributed by atoms with Crippen molar-refractivity contribution in [2.45, 2.75) is 0 Å². The minimum absolute atomic E-state index is 0.000685. The molecule has 0 saturated carbocycles. The van der Waals surface area contributed by atoms with E-state index in [0.717, 1.165) is 5.01 Å². The number of nitrogens with one attached hydrogen (secondary N) is 2. The molecule has 0 aromatic heterocycles. The molecule has 1 saturated heterocycles. The lowest BCUT2D eigenvalue weighted by Crippen LogP contribution is -2.35. The summed E-state index contributed by atoms with van der Waals surface area (Å²) < 4.78 is 24.8. The zero-order valence-corrected chi connectivity index (χ0v) is 19.1. The fraction of sp³-hybridized carbons (Fsp3) is 0.0800. The van der Waals surface area contributed by atoms with Crippen molar-refractivity contribution in [3.8, 4) is 11.5 Å². The lowest BCUT2D eigenvalue weighted by molar-refractivity contribution is -0.118. The van der Waals surface area contributed by atoms with E-state index in [4.69, 9.17) is 21.1 Å². The molecule has 3 aromatic rings. The Balaban J connectivity index is 1.61. The summed E-state index contributed by atoms with van der Waals surface area (Å²) in [6.45, 7) is -0.501. The summed E-state index contributed by atoms with van der Waals surface area (Å²) in [4.78, 5) is 37.9. The number of para-hydroxylation sites is 2. The molecule has 0 unspecified atom stereocenters. The molecule has 4 rings (SSSR count). The van der Waals surface area contributed by atoms with Crippen LogP contribution in [-0.4, -0.2) is 31.4 Å². The lowest BCUT2D eigenvalue weighted by atomic mass is 10.1. The summed E-state index contributed by atoms with van der Waals surface area (Å²) in [7, 11) is 1.37. The van der Waals surface area contributed by atoms with Crippen LogP contribution < -0.4 is 25.2 Å². The monoisotopic (exact) mass is 495 g/mol. The Morgan fingerprint density at radius 1 is 1.11 bits per heavy atom. The number of nitrogens with zero attached hydrogens (tertiary/aromatic N) is 1.